The van der Waals surface area contributed by atoms with Crippen molar-refractivity contribution in [2.45, 2.75) is 3.79 Å². The summed E-state index contributed by atoms with van der Waals surface area (Å²) in [5, 5.41) is 9.82. The highest BCUT2D eigenvalue weighted by molar-refractivity contribution is 6.67. The Morgan fingerprint density at radius 3 is 2.25 bits per heavy atom. The molecule has 7 heteroatoms. The summed E-state index contributed by atoms with van der Waals surface area (Å²) >= 11 is 15.7. The van der Waals surface area contributed by atoms with Gasteiger partial charge in [-0.3, -0.25) is 0 Å². The van der Waals surface area contributed by atoms with E-state index in [9.17, 15) is 9.90 Å². The molecule has 0 saturated carbocycles. The van der Waals surface area contributed by atoms with Gasteiger partial charge in [-0.2, -0.15) is 0 Å². The summed E-state index contributed by atoms with van der Waals surface area (Å²) in [5.41, 5.74) is 0. The van der Waals surface area contributed by atoms with E-state index in [-0.39, 0.29) is 6.61 Å². The third-order valence-corrected chi connectivity index (χ3v) is 0.984. The van der Waals surface area contributed by atoms with Gasteiger partial charge in [-0.05, 0) is 0 Å². The first-order valence-corrected chi connectivity index (χ1v) is 4.03. The Balaban J connectivity index is 3.44. The van der Waals surface area contributed by atoms with Crippen molar-refractivity contribution >= 4 is 41.0 Å². The van der Waals surface area contributed by atoms with Gasteiger partial charge in [0, 0.05) is 0 Å². The Bertz CT molecular complexity index is 144. The molecule has 0 aromatic rings. The third-order valence-electron chi connectivity index (χ3n) is 0.657. The van der Waals surface area contributed by atoms with Gasteiger partial charge in [0.25, 0.3) is 0 Å². The Hall–Kier alpha value is 0.1000. The number of hydrogen-bond acceptors (Lipinski definition) is 3. The molecular weight excluding hydrogens is 230 g/mol. The number of alkyl halides is 3. The zero-order chi connectivity index (χ0) is 9.61. The number of halogens is 3. The van der Waals surface area contributed by atoms with Crippen molar-refractivity contribution in [2.75, 3.05) is 19.8 Å². The highest BCUT2D eigenvalue weighted by Crippen LogP contribution is 2.25. The SMILES string of the molecule is [O]CCOC(=O)OCC(Cl)(Cl)Cl. The summed E-state index contributed by atoms with van der Waals surface area (Å²) in [4.78, 5) is 10.5. The van der Waals surface area contributed by atoms with E-state index in [0.717, 1.165) is 0 Å². The van der Waals surface area contributed by atoms with Crippen molar-refractivity contribution in [3.63, 3.8) is 0 Å². The molecular formula is C5H6Cl3O4. The maximum Gasteiger partial charge on any atom is 0.508 e. The largest absolute Gasteiger partial charge is 0.508 e. The third kappa shape index (κ3) is 8.20. The molecule has 0 rings (SSSR count). The number of carbonyl (C=O) groups excluding carboxylic acids is 1. The van der Waals surface area contributed by atoms with Gasteiger partial charge in [0.05, 0.1) is 0 Å². The van der Waals surface area contributed by atoms with E-state index < -0.39 is 23.2 Å². The first-order chi connectivity index (χ1) is 5.45. The smallest absolute Gasteiger partial charge is 0.432 e. The van der Waals surface area contributed by atoms with Crippen molar-refractivity contribution in [3.8, 4) is 0 Å². The van der Waals surface area contributed by atoms with Crippen molar-refractivity contribution in [3.05, 3.63) is 0 Å². The zero-order valence-corrected chi connectivity index (χ0v) is 8.16. The summed E-state index contributed by atoms with van der Waals surface area (Å²) in [5.74, 6) is 0. The molecule has 0 aromatic heterocycles. The van der Waals surface area contributed by atoms with E-state index in [1.807, 2.05) is 0 Å². The van der Waals surface area contributed by atoms with Crippen LogP contribution >= 0.6 is 34.8 Å². The predicted molar refractivity (Wildman–Crippen MR) is 43.1 cm³/mol. The summed E-state index contributed by atoms with van der Waals surface area (Å²) < 4.78 is 6.89. The van der Waals surface area contributed by atoms with E-state index in [1.165, 1.54) is 0 Å². The predicted octanol–water partition coefficient (Wildman–Crippen LogP) is 1.94. The van der Waals surface area contributed by atoms with Crippen LogP contribution in [0.25, 0.3) is 0 Å². The van der Waals surface area contributed by atoms with E-state index in [2.05, 4.69) is 9.47 Å². The lowest BCUT2D eigenvalue weighted by Crippen LogP contribution is -2.18. The molecule has 0 bridgehead atoms. The lowest BCUT2D eigenvalue weighted by atomic mass is 10.8. The van der Waals surface area contributed by atoms with Crippen LogP contribution in [0.4, 0.5) is 4.79 Å². The van der Waals surface area contributed by atoms with Gasteiger partial charge in [-0.25, -0.2) is 9.90 Å². The fourth-order valence-corrected chi connectivity index (χ4v) is 0.471. The van der Waals surface area contributed by atoms with Gasteiger partial charge >= 0.3 is 6.16 Å². The van der Waals surface area contributed by atoms with Crippen LogP contribution in [0.3, 0.4) is 0 Å². The number of carbonyl (C=O) groups is 1. The van der Waals surface area contributed by atoms with Crippen LogP contribution < -0.4 is 0 Å². The monoisotopic (exact) mass is 235 g/mol. The van der Waals surface area contributed by atoms with E-state index in [1.54, 1.807) is 0 Å². The fraction of sp³-hybridized carbons (Fsp3) is 0.800. The lowest BCUT2D eigenvalue weighted by molar-refractivity contribution is 0.0342. The van der Waals surface area contributed by atoms with Crippen molar-refractivity contribution < 1.29 is 19.4 Å². The molecule has 0 spiro atoms. The average Bonchev–Trinajstić information content (AvgIpc) is 1.95. The number of rotatable bonds is 3. The van der Waals surface area contributed by atoms with Crippen LogP contribution in [0.2, 0.25) is 0 Å². The van der Waals surface area contributed by atoms with Gasteiger partial charge in [0.15, 0.2) is 0 Å². The van der Waals surface area contributed by atoms with Crippen LogP contribution in [-0.4, -0.2) is 29.8 Å². The minimum Gasteiger partial charge on any atom is -0.432 e. The molecule has 0 aromatic carbocycles. The quantitative estimate of drug-likeness (QED) is 0.556. The molecule has 0 aliphatic rings. The van der Waals surface area contributed by atoms with E-state index >= 15 is 0 Å². The second-order valence-electron chi connectivity index (χ2n) is 1.71. The molecule has 4 nitrogen and oxygen atoms in total. The second-order valence-corrected chi connectivity index (χ2v) is 4.22. The van der Waals surface area contributed by atoms with Crippen LogP contribution in [-0.2, 0) is 14.6 Å². The van der Waals surface area contributed by atoms with Gasteiger partial charge in [0.1, 0.15) is 19.8 Å². The van der Waals surface area contributed by atoms with Gasteiger partial charge in [0.2, 0.25) is 3.79 Å². The molecule has 0 aliphatic carbocycles. The first kappa shape index (κ1) is 12.1. The minimum atomic E-state index is -1.66. The van der Waals surface area contributed by atoms with E-state index in [4.69, 9.17) is 34.8 Å². The van der Waals surface area contributed by atoms with Gasteiger partial charge in [-0.1, -0.05) is 34.8 Å². The van der Waals surface area contributed by atoms with Crippen LogP contribution in [0.15, 0.2) is 0 Å². The molecule has 0 saturated heterocycles. The molecule has 0 amide bonds. The highest BCUT2D eigenvalue weighted by Gasteiger charge is 2.22. The van der Waals surface area contributed by atoms with Crippen LogP contribution in [0.1, 0.15) is 0 Å². The lowest BCUT2D eigenvalue weighted by Gasteiger charge is -2.10. The van der Waals surface area contributed by atoms with Crippen molar-refractivity contribution in [2.24, 2.45) is 0 Å². The molecule has 0 fully saturated rings. The molecule has 0 unspecified atom stereocenters. The Labute approximate surface area is 84.3 Å². The molecule has 1 radical (unpaired) electrons. The van der Waals surface area contributed by atoms with Crippen molar-refractivity contribution in [1.29, 1.82) is 0 Å². The zero-order valence-electron chi connectivity index (χ0n) is 5.89. The molecule has 0 heterocycles. The topological polar surface area (TPSA) is 55.4 Å². The first-order valence-electron chi connectivity index (χ1n) is 2.90. The Morgan fingerprint density at radius 1 is 1.25 bits per heavy atom. The Kier molecular flexibility index (Phi) is 5.74. The standard InChI is InChI=1S/C5H6Cl3O4/c6-5(7,8)3-12-4(10)11-2-1-9/h1-3H2. The minimum absolute atomic E-state index is 0.251. The van der Waals surface area contributed by atoms with Crippen LogP contribution in [0, 0.1) is 0 Å². The van der Waals surface area contributed by atoms with Crippen LogP contribution in [0.5, 0.6) is 0 Å². The molecule has 12 heavy (non-hydrogen) atoms. The molecule has 71 valence electrons. The molecule has 0 atom stereocenters. The summed E-state index contributed by atoms with van der Waals surface area (Å²) in [7, 11) is 0. The van der Waals surface area contributed by atoms with E-state index in [0.29, 0.717) is 0 Å². The summed E-state index contributed by atoms with van der Waals surface area (Å²) in [6, 6.07) is 0. The fourth-order valence-electron chi connectivity index (χ4n) is 0.307. The molecule has 0 N–H and O–H groups in total. The number of ether oxygens (including phenoxy) is 2. The number of hydrogen-bond donors (Lipinski definition) is 0. The Morgan fingerprint density at radius 2 is 1.83 bits per heavy atom. The van der Waals surface area contributed by atoms with Gasteiger partial charge in [-0.15, -0.1) is 0 Å². The highest BCUT2D eigenvalue weighted by atomic mass is 35.6. The maximum absolute atomic E-state index is 10.5. The second kappa shape index (κ2) is 5.70. The maximum atomic E-state index is 10.5. The molecule has 0 aliphatic heterocycles. The normalized spacial score (nSPS) is 11.0. The summed E-state index contributed by atoms with van der Waals surface area (Å²) in [6.45, 7) is -1.18. The average molecular weight is 236 g/mol. The summed E-state index contributed by atoms with van der Waals surface area (Å²) in [6.07, 6.45) is -1.02. The van der Waals surface area contributed by atoms with Crippen molar-refractivity contribution in [1.82, 2.24) is 0 Å². The van der Waals surface area contributed by atoms with Gasteiger partial charge < -0.3 is 9.47 Å².